The van der Waals surface area contributed by atoms with E-state index in [4.69, 9.17) is 10.5 Å². The van der Waals surface area contributed by atoms with Crippen LogP contribution in [0.5, 0.6) is 0 Å². The smallest absolute Gasteiger partial charge is 0.123 e. The summed E-state index contributed by atoms with van der Waals surface area (Å²) in [6.07, 6.45) is 3.15. The van der Waals surface area contributed by atoms with Crippen molar-refractivity contribution in [3.8, 4) is 0 Å². The van der Waals surface area contributed by atoms with Gasteiger partial charge in [0.25, 0.3) is 0 Å². The maximum Gasteiger partial charge on any atom is 0.123 e. The molecule has 0 aliphatic carbocycles. The van der Waals surface area contributed by atoms with E-state index in [2.05, 4.69) is 0 Å². The molecule has 1 aromatic rings. The molecule has 3 heteroatoms. The third-order valence-corrected chi connectivity index (χ3v) is 3.58. The second-order valence-corrected chi connectivity index (χ2v) is 5.16. The first-order valence-electron chi connectivity index (χ1n) is 6.18. The van der Waals surface area contributed by atoms with Crippen LogP contribution in [0.3, 0.4) is 0 Å². The average Bonchev–Trinajstić information content (AvgIpc) is 2.27. The van der Waals surface area contributed by atoms with E-state index in [1.807, 2.05) is 19.9 Å². The van der Waals surface area contributed by atoms with Crippen LogP contribution < -0.4 is 5.73 Å². The molecule has 2 N–H and O–H groups in total. The van der Waals surface area contributed by atoms with Gasteiger partial charge in [0.15, 0.2) is 0 Å². The normalized spacial score (nSPS) is 26.8. The maximum absolute atomic E-state index is 13.4. The van der Waals surface area contributed by atoms with Gasteiger partial charge >= 0.3 is 0 Å². The van der Waals surface area contributed by atoms with Crippen molar-refractivity contribution < 1.29 is 9.13 Å². The van der Waals surface area contributed by atoms with Crippen LogP contribution in [0.1, 0.15) is 43.4 Å². The van der Waals surface area contributed by atoms with Crippen LogP contribution >= 0.6 is 0 Å². The van der Waals surface area contributed by atoms with Crippen molar-refractivity contribution in [1.29, 1.82) is 0 Å². The molecule has 1 fully saturated rings. The van der Waals surface area contributed by atoms with Gasteiger partial charge < -0.3 is 10.5 Å². The van der Waals surface area contributed by atoms with Crippen LogP contribution in [0.2, 0.25) is 0 Å². The monoisotopic (exact) mass is 237 g/mol. The van der Waals surface area contributed by atoms with E-state index in [1.54, 1.807) is 0 Å². The summed E-state index contributed by atoms with van der Waals surface area (Å²) >= 11 is 0. The van der Waals surface area contributed by atoms with Crippen LogP contribution in [-0.2, 0) is 4.74 Å². The summed E-state index contributed by atoms with van der Waals surface area (Å²) in [4.78, 5) is 0. The SMILES string of the molecule is Cc1cc(F)cc(C(N)C2(C)CCCCO2)c1. The largest absolute Gasteiger partial charge is 0.373 e. The summed E-state index contributed by atoms with van der Waals surface area (Å²) in [6.45, 7) is 4.65. The highest BCUT2D eigenvalue weighted by atomic mass is 19.1. The second-order valence-electron chi connectivity index (χ2n) is 5.16. The molecule has 0 radical (unpaired) electrons. The number of halogens is 1. The Kier molecular flexibility index (Phi) is 3.50. The van der Waals surface area contributed by atoms with Crippen molar-refractivity contribution in [3.05, 3.63) is 35.1 Å². The molecule has 1 aliphatic heterocycles. The molecular weight excluding hydrogens is 217 g/mol. The van der Waals surface area contributed by atoms with E-state index in [1.165, 1.54) is 12.1 Å². The molecule has 0 aromatic heterocycles. The number of hydrogen-bond acceptors (Lipinski definition) is 2. The Morgan fingerprint density at radius 1 is 1.35 bits per heavy atom. The van der Waals surface area contributed by atoms with Crippen molar-refractivity contribution in [2.45, 2.75) is 44.8 Å². The second kappa shape index (κ2) is 4.75. The van der Waals surface area contributed by atoms with E-state index in [9.17, 15) is 4.39 Å². The first kappa shape index (κ1) is 12.5. The Morgan fingerprint density at radius 2 is 2.12 bits per heavy atom. The summed E-state index contributed by atoms with van der Waals surface area (Å²) < 4.78 is 19.2. The molecule has 2 nitrogen and oxygen atoms in total. The number of nitrogens with two attached hydrogens (primary N) is 1. The molecule has 1 heterocycles. The molecule has 0 spiro atoms. The molecule has 2 atom stereocenters. The van der Waals surface area contributed by atoms with Gasteiger partial charge in [-0.3, -0.25) is 0 Å². The Labute approximate surface area is 102 Å². The van der Waals surface area contributed by atoms with Crippen molar-refractivity contribution in [2.24, 2.45) is 5.73 Å². The van der Waals surface area contributed by atoms with Gasteiger partial charge in [-0.2, -0.15) is 0 Å². The predicted octanol–water partition coefficient (Wildman–Crippen LogP) is 3.09. The Hall–Kier alpha value is -0.930. The van der Waals surface area contributed by atoms with E-state index < -0.39 is 0 Å². The zero-order valence-electron chi connectivity index (χ0n) is 10.5. The molecule has 0 saturated carbocycles. The van der Waals surface area contributed by atoms with Crippen molar-refractivity contribution >= 4 is 0 Å². The number of ether oxygens (including phenoxy) is 1. The minimum atomic E-state index is -0.363. The van der Waals surface area contributed by atoms with Crippen LogP contribution in [0.4, 0.5) is 4.39 Å². The maximum atomic E-state index is 13.4. The fourth-order valence-electron chi connectivity index (χ4n) is 2.50. The van der Waals surface area contributed by atoms with E-state index in [0.717, 1.165) is 37.0 Å². The number of benzene rings is 1. The molecule has 94 valence electrons. The van der Waals surface area contributed by atoms with Gasteiger partial charge in [-0.15, -0.1) is 0 Å². The highest BCUT2D eigenvalue weighted by Gasteiger charge is 2.35. The molecule has 1 aromatic carbocycles. The van der Waals surface area contributed by atoms with Crippen LogP contribution in [0.15, 0.2) is 18.2 Å². The van der Waals surface area contributed by atoms with Gasteiger partial charge in [-0.25, -0.2) is 4.39 Å². The summed E-state index contributed by atoms with van der Waals surface area (Å²) in [5.74, 6) is -0.227. The van der Waals surface area contributed by atoms with Crippen molar-refractivity contribution in [2.75, 3.05) is 6.61 Å². The van der Waals surface area contributed by atoms with E-state index >= 15 is 0 Å². The van der Waals surface area contributed by atoms with Gasteiger partial charge in [0.2, 0.25) is 0 Å². The lowest BCUT2D eigenvalue weighted by Crippen LogP contribution is -2.43. The van der Waals surface area contributed by atoms with Gasteiger partial charge in [0, 0.05) is 6.61 Å². The minimum Gasteiger partial charge on any atom is -0.373 e. The topological polar surface area (TPSA) is 35.2 Å². The molecule has 0 amide bonds. The van der Waals surface area contributed by atoms with Gasteiger partial charge in [0.05, 0.1) is 11.6 Å². The summed E-state index contributed by atoms with van der Waals surface area (Å²) in [5.41, 5.74) is 7.61. The van der Waals surface area contributed by atoms with Gasteiger partial charge in [-0.05, 0) is 56.4 Å². The van der Waals surface area contributed by atoms with E-state index in [0.29, 0.717) is 0 Å². The highest BCUT2D eigenvalue weighted by Crippen LogP contribution is 2.35. The lowest BCUT2D eigenvalue weighted by molar-refractivity contribution is -0.0821. The van der Waals surface area contributed by atoms with E-state index in [-0.39, 0.29) is 17.5 Å². The molecule has 2 unspecified atom stereocenters. The number of hydrogen-bond donors (Lipinski definition) is 1. The highest BCUT2D eigenvalue weighted by molar-refractivity contribution is 5.28. The Morgan fingerprint density at radius 3 is 2.71 bits per heavy atom. The molecule has 1 saturated heterocycles. The molecule has 1 aliphatic rings. The molecule has 2 rings (SSSR count). The third-order valence-electron chi connectivity index (χ3n) is 3.58. The number of rotatable bonds is 2. The summed E-state index contributed by atoms with van der Waals surface area (Å²) in [5, 5.41) is 0. The summed E-state index contributed by atoms with van der Waals surface area (Å²) in [6, 6.07) is 4.70. The molecule has 0 bridgehead atoms. The lowest BCUT2D eigenvalue weighted by atomic mass is 9.84. The Balaban J connectivity index is 2.26. The minimum absolute atomic E-state index is 0.227. The fourth-order valence-corrected chi connectivity index (χ4v) is 2.50. The van der Waals surface area contributed by atoms with Crippen molar-refractivity contribution in [3.63, 3.8) is 0 Å². The van der Waals surface area contributed by atoms with Crippen LogP contribution in [0.25, 0.3) is 0 Å². The van der Waals surface area contributed by atoms with Crippen LogP contribution in [0, 0.1) is 12.7 Å². The first-order chi connectivity index (χ1) is 8.01. The van der Waals surface area contributed by atoms with Gasteiger partial charge in [0.1, 0.15) is 5.82 Å². The molecular formula is C14H20FNO. The third kappa shape index (κ3) is 2.67. The molecule has 17 heavy (non-hydrogen) atoms. The Bertz CT molecular complexity index is 379. The number of aryl methyl sites for hydroxylation is 1. The van der Waals surface area contributed by atoms with Crippen LogP contribution in [-0.4, -0.2) is 12.2 Å². The quantitative estimate of drug-likeness (QED) is 0.857. The van der Waals surface area contributed by atoms with Crippen molar-refractivity contribution in [1.82, 2.24) is 0 Å². The average molecular weight is 237 g/mol. The zero-order chi connectivity index (χ0) is 12.5. The summed E-state index contributed by atoms with van der Waals surface area (Å²) in [7, 11) is 0. The lowest BCUT2D eigenvalue weighted by Gasteiger charge is -2.39. The fraction of sp³-hybridized carbons (Fsp3) is 0.571. The first-order valence-corrected chi connectivity index (χ1v) is 6.18. The predicted molar refractivity (Wildman–Crippen MR) is 66.3 cm³/mol. The standard InChI is InChI=1S/C14H20FNO/c1-10-7-11(9-12(15)8-10)13(16)14(2)5-3-4-6-17-14/h7-9,13H,3-6,16H2,1-2H3. The zero-order valence-corrected chi connectivity index (χ0v) is 10.5. The van der Waals surface area contributed by atoms with Gasteiger partial charge in [-0.1, -0.05) is 6.07 Å².